The standard InChI is InChI=1S/C28H43N5O4/c1-8-33-22(18-31-14-16-32(17-15-31)27(36)30-28(5,6)7)23(25(34)37-9-2)24(29-26(33)35)21-12-10-20(11-13-21)19(3)4/h10-13,19,24H,8-9,14-18H2,1-7H3,(H,29,35)(H,30,36). The quantitative estimate of drug-likeness (QED) is 0.541. The van der Waals surface area contributed by atoms with E-state index < -0.39 is 12.0 Å². The Labute approximate surface area is 221 Å². The lowest BCUT2D eigenvalue weighted by atomic mass is 9.92. The van der Waals surface area contributed by atoms with E-state index in [1.807, 2.05) is 56.9 Å². The van der Waals surface area contributed by atoms with E-state index in [-0.39, 0.29) is 24.2 Å². The Kier molecular flexibility index (Phi) is 9.23. The van der Waals surface area contributed by atoms with E-state index in [1.54, 1.807) is 11.8 Å². The molecule has 37 heavy (non-hydrogen) atoms. The predicted molar refractivity (Wildman–Crippen MR) is 144 cm³/mol. The van der Waals surface area contributed by atoms with Gasteiger partial charge in [0.05, 0.1) is 18.2 Å². The van der Waals surface area contributed by atoms with Crippen LogP contribution in [0.15, 0.2) is 35.5 Å². The highest BCUT2D eigenvalue weighted by molar-refractivity contribution is 5.95. The number of esters is 1. The number of carbonyl (C=O) groups excluding carboxylic acids is 3. The molecule has 0 radical (unpaired) electrons. The summed E-state index contributed by atoms with van der Waals surface area (Å²) in [4.78, 5) is 44.7. The summed E-state index contributed by atoms with van der Waals surface area (Å²) in [6.07, 6.45) is 0. The van der Waals surface area contributed by atoms with Gasteiger partial charge in [0.15, 0.2) is 0 Å². The van der Waals surface area contributed by atoms with E-state index in [0.717, 1.165) is 5.56 Å². The van der Waals surface area contributed by atoms with E-state index >= 15 is 0 Å². The number of amides is 4. The SMILES string of the molecule is CCOC(=O)C1=C(CN2CCN(C(=O)NC(C)(C)C)CC2)N(CC)C(=O)NC1c1ccc(C(C)C)cc1. The lowest BCUT2D eigenvalue weighted by Crippen LogP contribution is -2.56. The number of ether oxygens (including phenoxy) is 1. The lowest BCUT2D eigenvalue weighted by molar-refractivity contribution is -0.139. The minimum Gasteiger partial charge on any atom is -0.463 e. The second kappa shape index (κ2) is 12.0. The Morgan fingerprint density at radius 3 is 2.22 bits per heavy atom. The highest BCUT2D eigenvalue weighted by Gasteiger charge is 2.38. The number of rotatable bonds is 7. The van der Waals surface area contributed by atoms with Crippen molar-refractivity contribution in [3.8, 4) is 0 Å². The van der Waals surface area contributed by atoms with E-state index in [9.17, 15) is 14.4 Å². The Hall–Kier alpha value is -3.07. The van der Waals surface area contributed by atoms with Gasteiger partial charge < -0.3 is 20.3 Å². The third kappa shape index (κ3) is 7.03. The molecule has 9 nitrogen and oxygen atoms in total. The van der Waals surface area contributed by atoms with Crippen LogP contribution in [0.4, 0.5) is 9.59 Å². The van der Waals surface area contributed by atoms with Gasteiger partial charge in [0.2, 0.25) is 0 Å². The zero-order chi connectivity index (χ0) is 27.3. The van der Waals surface area contributed by atoms with Crippen molar-refractivity contribution in [2.45, 2.75) is 66.0 Å². The highest BCUT2D eigenvalue weighted by Crippen LogP contribution is 2.33. The molecule has 0 saturated carbocycles. The zero-order valence-corrected chi connectivity index (χ0v) is 23.4. The van der Waals surface area contributed by atoms with Crippen LogP contribution in [0.2, 0.25) is 0 Å². The van der Waals surface area contributed by atoms with Crippen LogP contribution in [-0.4, -0.2) is 84.1 Å². The van der Waals surface area contributed by atoms with Gasteiger partial charge in [-0.2, -0.15) is 0 Å². The maximum absolute atomic E-state index is 13.3. The number of urea groups is 2. The summed E-state index contributed by atoms with van der Waals surface area (Å²) in [5.41, 5.74) is 2.87. The van der Waals surface area contributed by atoms with Crippen molar-refractivity contribution < 1.29 is 19.1 Å². The van der Waals surface area contributed by atoms with Gasteiger partial charge in [-0.15, -0.1) is 0 Å². The minimum absolute atomic E-state index is 0.0734. The van der Waals surface area contributed by atoms with Gasteiger partial charge in [-0.1, -0.05) is 38.1 Å². The number of nitrogens with zero attached hydrogens (tertiary/aromatic N) is 3. The van der Waals surface area contributed by atoms with Gasteiger partial charge >= 0.3 is 18.0 Å². The molecule has 0 spiro atoms. The first kappa shape index (κ1) is 28.5. The monoisotopic (exact) mass is 513 g/mol. The van der Waals surface area contributed by atoms with Crippen molar-refractivity contribution in [3.63, 3.8) is 0 Å². The van der Waals surface area contributed by atoms with Crippen molar-refractivity contribution in [1.82, 2.24) is 25.3 Å². The summed E-state index contributed by atoms with van der Waals surface area (Å²) >= 11 is 0. The molecule has 0 aromatic heterocycles. The number of hydrogen-bond acceptors (Lipinski definition) is 5. The third-order valence-electron chi connectivity index (χ3n) is 6.70. The molecule has 1 fully saturated rings. The maximum Gasteiger partial charge on any atom is 0.338 e. The first-order chi connectivity index (χ1) is 17.4. The van der Waals surface area contributed by atoms with Gasteiger partial charge in [0, 0.05) is 50.5 Å². The molecular weight excluding hydrogens is 470 g/mol. The number of benzene rings is 1. The Morgan fingerprint density at radius 2 is 1.70 bits per heavy atom. The van der Waals surface area contributed by atoms with Crippen molar-refractivity contribution in [2.24, 2.45) is 0 Å². The molecular formula is C28H43N5O4. The summed E-state index contributed by atoms with van der Waals surface area (Å²) in [6, 6.07) is 7.15. The van der Waals surface area contributed by atoms with Gasteiger partial charge in [0.25, 0.3) is 0 Å². The fourth-order valence-corrected chi connectivity index (χ4v) is 4.70. The van der Waals surface area contributed by atoms with E-state index in [1.165, 1.54) is 5.56 Å². The molecule has 204 valence electrons. The molecule has 1 aromatic rings. The van der Waals surface area contributed by atoms with Crippen LogP contribution < -0.4 is 10.6 Å². The summed E-state index contributed by atoms with van der Waals surface area (Å²) in [5, 5.41) is 6.05. The number of nitrogens with one attached hydrogen (secondary N) is 2. The second-order valence-corrected chi connectivity index (χ2v) is 11.0. The normalized spacial score (nSPS) is 19.2. The van der Waals surface area contributed by atoms with Crippen LogP contribution in [0.25, 0.3) is 0 Å². The van der Waals surface area contributed by atoms with Crippen molar-refractivity contribution in [2.75, 3.05) is 45.9 Å². The average molecular weight is 514 g/mol. The first-order valence-corrected chi connectivity index (χ1v) is 13.3. The predicted octanol–water partition coefficient (Wildman–Crippen LogP) is 3.84. The summed E-state index contributed by atoms with van der Waals surface area (Å²) in [5.74, 6) is -0.0394. The first-order valence-electron chi connectivity index (χ1n) is 13.3. The minimum atomic E-state index is -0.593. The molecule has 2 aliphatic heterocycles. The zero-order valence-electron chi connectivity index (χ0n) is 23.4. The second-order valence-electron chi connectivity index (χ2n) is 11.0. The molecule has 1 saturated heterocycles. The van der Waals surface area contributed by atoms with Crippen molar-refractivity contribution >= 4 is 18.0 Å². The van der Waals surface area contributed by atoms with Crippen LogP contribution in [0.5, 0.6) is 0 Å². The fraction of sp³-hybridized carbons (Fsp3) is 0.607. The number of carbonyl (C=O) groups is 3. The Morgan fingerprint density at radius 1 is 1.08 bits per heavy atom. The number of hydrogen-bond donors (Lipinski definition) is 2. The molecule has 1 unspecified atom stereocenters. The number of piperazine rings is 1. The average Bonchev–Trinajstić information content (AvgIpc) is 2.83. The van der Waals surface area contributed by atoms with Crippen molar-refractivity contribution in [3.05, 3.63) is 46.7 Å². The molecule has 2 N–H and O–H groups in total. The summed E-state index contributed by atoms with van der Waals surface area (Å²) in [7, 11) is 0. The molecule has 4 amide bonds. The third-order valence-corrected chi connectivity index (χ3v) is 6.70. The summed E-state index contributed by atoms with van der Waals surface area (Å²) < 4.78 is 5.48. The smallest absolute Gasteiger partial charge is 0.338 e. The molecule has 2 aliphatic rings. The number of likely N-dealkylation sites (N-methyl/N-ethyl adjacent to an activating group) is 1. The molecule has 3 rings (SSSR count). The fourth-order valence-electron chi connectivity index (χ4n) is 4.70. The maximum atomic E-state index is 13.3. The topological polar surface area (TPSA) is 94.2 Å². The molecule has 0 bridgehead atoms. The molecule has 1 atom stereocenters. The van der Waals surface area contributed by atoms with Crippen LogP contribution in [0.3, 0.4) is 0 Å². The molecule has 2 heterocycles. The van der Waals surface area contributed by atoms with Gasteiger partial charge in [0.1, 0.15) is 0 Å². The van der Waals surface area contributed by atoms with E-state index in [4.69, 9.17) is 4.74 Å². The van der Waals surface area contributed by atoms with Crippen LogP contribution in [-0.2, 0) is 9.53 Å². The van der Waals surface area contributed by atoms with Crippen LogP contribution >= 0.6 is 0 Å². The molecule has 1 aromatic carbocycles. The van der Waals surface area contributed by atoms with Gasteiger partial charge in [-0.25, -0.2) is 14.4 Å². The molecule has 9 heteroatoms. The van der Waals surface area contributed by atoms with Gasteiger partial charge in [-0.05, 0) is 51.7 Å². The van der Waals surface area contributed by atoms with Crippen LogP contribution in [0.1, 0.15) is 71.6 Å². The van der Waals surface area contributed by atoms with E-state index in [2.05, 4.69) is 29.4 Å². The largest absolute Gasteiger partial charge is 0.463 e. The van der Waals surface area contributed by atoms with E-state index in [0.29, 0.717) is 56.5 Å². The highest BCUT2D eigenvalue weighted by atomic mass is 16.5. The summed E-state index contributed by atoms with van der Waals surface area (Å²) in [6.45, 7) is 17.4. The Balaban J connectivity index is 1.90. The van der Waals surface area contributed by atoms with Gasteiger partial charge in [-0.3, -0.25) is 9.80 Å². The molecule has 0 aliphatic carbocycles. The lowest BCUT2D eigenvalue weighted by Gasteiger charge is -2.40. The van der Waals surface area contributed by atoms with Crippen molar-refractivity contribution in [1.29, 1.82) is 0 Å². The Bertz CT molecular complexity index is 1000. The van der Waals surface area contributed by atoms with Crippen LogP contribution in [0, 0.1) is 0 Å².